The predicted molar refractivity (Wildman–Crippen MR) is 126 cm³/mol. The fraction of sp³-hybridized carbons (Fsp3) is 0.400. The van der Waals surface area contributed by atoms with Gasteiger partial charge in [-0.3, -0.25) is 14.4 Å². The highest BCUT2D eigenvalue weighted by Gasteiger charge is 2.16. The maximum absolute atomic E-state index is 14.2. The molecule has 0 fully saturated rings. The normalized spacial score (nSPS) is 15.6. The van der Waals surface area contributed by atoms with Crippen LogP contribution in [0.1, 0.15) is 35.2 Å². The van der Waals surface area contributed by atoms with Crippen molar-refractivity contribution in [1.29, 1.82) is 0 Å². The summed E-state index contributed by atoms with van der Waals surface area (Å²) in [6, 6.07) is 8.85. The van der Waals surface area contributed by atoms with Gasteiger partial charge in [0.05, 0.1) is 7.11 Å². The predicted octanol–water partition coefficient (Wildman–Crippen LogP) is 2.63. The van der Waals surface area contributed by atoms with Crippen LogP contribution < -0.4 is 20.1 Å². The first kappa shape index (κ1) is 26.0. The molecule has 4 rings (SSSR count). The van der Waals surface area contributed by atoms with Crippen molar-refractivity contribution in [2.75, 3.05) is 40.5 Å². The largest absolute Gasteiger partial charge is 0.493 e. The van der Waals surface area contributed by atoms with E-state index in [9.17, 15) is 18.8 Å². The Morgan fingerprint density at radius 2 is 1.89 bits per heavy atom. The van der Waals surface area contributed by atoms with Crippen molar-refractivity contribution in [3.63, 3.8) is 0 Å². The van der Waals surface area contributed by atoms with Crippen LogP contribution in [0.3, 0.4) is 0 Å². The van der Waals surface area contributed by atoms with Crippen LogP contribution in [0.2, 0.25) is 0 Å². The lowest BCUT2D eigenvalue weighted by Gasteiger charge is -2.22. The zero-order chi connectivity index (χ0) is 25.2. The number of hydrogen-bond donors (Lipinski definition) is 2. The molecule has 2 aromatic rings. The number of fused-ring (bicyclic) bond motifs is 13. The lowest BCUT2D eigenvalue weighted by Crippen LogP contribution is -2.37. The van der Waals surface area contributed by atoms with Crippen molar-refractivity contribution in [3.05, 3.63) is 53.3 Å². The van der Waals surface area contributed by atoms with Gasteiger partial charge in [-0.05, 0) is 48.7 Å². The SMILES string of the molecule is COCC(=O)N1CCCNC(=O)c2ccc(c(OC)c2)Oc2cc(F)cc(c2)CNC(=O)CCC1. The average Bonchev–Trinajstić information content (AvgIpc) is 2.83. The fourth-order valence-electron chi connectivity index (χ4n) is 3.67. The first-order valence-electron chi connectivity index (χ1n) is 11.4. The lowest BCUT2D eigenvalue weighted by molar-refractivity contribution is -0.135. The highest BCUT2D eigenvalue weighted by molar-refractivity contribution is 5.94. The summed E-state index contributed by atoms with van der Waals surface area (Å²) < 4.78 is 30.3. The summed E-state index contributed by atoms with van der Waals surface area (Å²) in [7, 11) is 2.89. The summed E-state index contributed by atoms with van der Waals surface area (Å²) in [5, 5.41) is 5.60. The highest BCUT2D eigenvalue weighted by Crippen LogP contribution is 2.33. The minimum absolute atomic E-state index is 0.0608. The van der Waals surface area contributed by atoms with Crippen molar-refractivity contribution in [1.82, 2.24) is 15.5 Å². The number of ether oxygens (including phenoxy) is 3. The number of carbonyl (C=O) groups excluding carboxylic acids is 3. The monoisotopic (exact) mass is 487 g/mol. The minimum Gasteiger partial charge on any atom is -0.493 e. The Morgan fingerprint density at radius 1 is 1.09 bits per heavy atom. The van der Waals surface area contributed by atoms with Gasteiger partial charge in [0.1, 0.15) is 18.2 Å². The fourth-order valence-corrected chi connectivity index (χ4v) is 3.67. The molecule has 188 valence electrons. The Morgan fingerprint density at radius 3 is 2.66 bits per heavy atom. The van der Waals surface area contributed by atoms with Crippen molar-refractivity contribution in [2.45, 2.75) is 25.8 Å². The molecule has 0 radical (unpaired) electrons. The summed E-state index contributed by atoms with van der Waals surface area (Å²) in [5.41, 5.74) is 0.896. The third-order valence-electron chi connectivity index (χ3n) is 5.42. The van der Waals surface area contributed by atoms with E-state index in [1.165, 1.54) is 32.4 Å². The second kappa shape index (κ2) is 12.7. The average molecular weight is 488 g/mol. The van der Waals surface area contributed by atoms with Crippen LogP contribution in [-0.2, 0) is 20.9 Å². The number of rotatable bonds is 3. The van der Waals surface area contributed by atoms with E-state index in [2.05, 4.69) is 10.6 Å². The van der Waals surface area contributed by atoms with Gasteiger partial charge in [0.25, 0.3) is 5.91 Å². The first-order valence-corrected chi connectivity index (χ1v) is 11.4. The molecule has 2 aliphatic heterocycles. The van der Waals surface area contributed by atoms with Crippen LogP contribution >= 0.6 is 0 Å². The topological polar surface area (TPSA) is 106 Å². The number of nitrogens with zero attached hydrogens (tertiary/aromatic N) is 1. The van der Waals surface area contributed by atoms with Gasteiger partial charge >= 0.3 is 0 Å². The van der Waals surface area contributed by atoms with E-state index >= 15 is 0 Å². The Bertz CT molecular complexity index is 1060. The summed E-state index contributed by atoms with van der Waals surface area (Å²) in [6.07, 6.45) is 1.19. The number of hydrogen-bond acceptors (Lipinski definition) is 6. The number of carbonyl (C=O) groups is 3. The lowest BCUT2D eigenvalue weighted by atomic mass is 10.1. The molecule has 35 heavy (non-hydrogen) atoms. The van der Waals surface area contributed by atoms with Gasteiger partial charge < -0.3 is 29.7 Å². The second-order valence-electron chi connectivity index (χ2n) is 8.07. The summed E-state index contributed by atoms with van der Waals surface area (Å²) in [5.74, 6) is -0.371. The third kappa shape index (κ3) is 7.68. The third-order valence-corrected chi connectivity index (χ3v) is 5.42. The van der Waals surface area contributed by atoms with Crippen molar-refractivity contribution in [2.24, 2.45) is 0 Å². The molecule has 3 amide bonds. The zero-order valence-electron chi connectivity index (χ0n) is 19.9. The molecule has 10 heteroatoms. The molecule has 0 unspecified atom stereocenters. The Labute approximate surface area is 203 Å². The minimum atomic E-state index is -0.517. The molecular formula is C25H30FN3O6. The Kier molecular flexibility index (Phi) is 9.42. The second-order valence-corrected chi connectivity index (χ2v) is 8.07. The first-order chi connectivity index (χ1) is 16.9. The quantitative estimate of drug-likeness (QED) is 0.690. The molecule has 0 saturated carbocycles. The van der Waals surface area contributed by atoms with E-state index in [0.717, 1.165) is 0 Å². The van der Waals surface area contributed by atoms with Gasteiger partial charge in [0, 0.05) is 51.3 Å². The van der Waals surface area contributed by atoms with Crippen LogP contribution in [0.4, 0.5) is 4.39 Å². The molecule has 0 aliphatic carbocycles. The standard InChI is InChI=1S/C25H30FN3O6/c1-33-16-24(31)29-9-3-5-23(30)28-15-17-11-19(26)14-20(12-17)35-21-7-6-18(13-22(21)34-2)25(32)27-8-4-10-29/h6-7,11-14H,3-5,8-10,15-16H2,1-2H3,(H,27,32)(H,28,30). The van der Waals surface area contributed by atoms with E-state index in [1.54, 1.807) is 23.1 Å². The molecule has 2 aromatic carbocycles. The van der Waals surface area contributed by atoms with Crippen LogP contribution in [0, 0.1) is 5.82 Å². The van der Waals surface area contributed by atoms with E-state index in [0.29, 0.717) is 55.1 Å². The van der Waals surface area contributed by atoms with Crippen LogP contribution in [-0.4, -0.2) is 63.1 Å². The zero-order valence-corrected chi connectivity index (χ0v) is 19.9. The molecule has 0 spiro atoms. The summed E-state index contributed by atoms with van der Waals surface area (Å²) >= 11 is 0. The van der Waals surface area contributed by atoms with Gasteiger partial charge in [-0.15, -0.1) is 0 Å². The Hall–Kier alpha value is -3.66. The van der Waals surface area contributed by atoms with Crippen molar-refractivity contribution >= 4 is 17.7 Å². The van der Waals surface area contributed by atoms with Gasteiger partial charge in [0.15, 0.2) is 11.5 Å². The molecule has 0 atom stereocenters. The number of methoxy groups -OCH3 is 2. The van der Waals surface area contributed by atoms with Gasteiger partial charge in [0.2, 0.25) is 11.8 Å². The molecule has 0 aromatic heterocycles. The van der Waals surface area contributed by atoms with Crippen molar-refractivity contribution in [3.8, 4) is 17.2 Å². The maximum atomic E-state index is 14.2. The van der Waals surface area contributed by atoms with E-state index in [1.807, 2.05) is 0 Å². The number of halogens is 1. The molecule has 2 aliphatic rings. The van der Waals surface area contributed by atoms with Crippen LogP contribution in [0.5, 0.6) is 17.2 Å². The molecule has 9 nitrogen and oxygen atoms in total. The number of amides is 3. The van der Waals surface area contributed by atoms with Gasteiger partial charge in [-0.2, -0.15) is 0 Å². The molecule has 4 bridgehead atoms. The number of benzene rings is 2. The van der Waals surface area contributed by atoms with Gasteiger partial charge in [-0.25, -0.2) is 4.39 Å². The van der Waals surface area contributed by atoms with Crippen LogP contribution in [0.15, 0.2) is 36.4 Å². The van der Waals surface area contributed by atoms with E-state index < -0.39 is 5.82 Å². The van der Waals surface area contributed by atoms with Crippen molar-refractivity contribution < 1.29 is 33.0 Å². The summed E-state index contributed by atoms with van der Waals surface area (Å²) in [6.45, 7) is 1.19. The van der Waals surface area contributed by atoms with Crippen LogP contribution in [0.25, 0.3) is 0 Å². The van der Waals surface area contributed by atoms with E-state index in [4.69, 9.17) is 14.2 Å². The molecular weight excluding hydrogens is 457 g/mol. The smallest absolute Gasteiger partial charge is 0.251 e. The molecule has 2 heterocycles. The van der Waals surface area contributed by atoms with E-state index in [-0.39, 0.29) is 43.0 Å². The molecule has 0 saturated heterocycles. The highest BCUT2D eigenvalue weighted by atomic mass is 19.1. The maximum Gasteiger partial charge on any atom is 0.251 e. The van der Waals surface area contributed by atoms with Gasteiger partial charge in [-0.1, -0.05) is 0 Å². The number of nitrogens with one attached hydrogen (secondary N) is 2. The summed E-state index contributed by atoms with van der Waals surface area (Å²) in [4.78, 5) is 38.9. The Balaban J connectivity index is 1.84. The molecule has 2 N–H and O–H groups in total.